The number of rotatable bonds is 6. The third kappa shape index (κ3) is 4.41. The van der Waals surface area contributed by atoms with Gasteiger partial charge in [-0.3, -0.25) is 0 Å². The summed E-state index contributed by atoms with van der Waals surface area (Å²) in [4.78, 5) is 3.90. The minimum Gasteiger partial charge on any atom is -0.370 e. The van der Waals surface area contributed by atoms with E-state index in [0.717, 1.165) is 57.4 Å². The molecular weight excluding hydrogens is 388 g/mol. The van der Waals surface area contributed by atoms with Crippen LogP contribution in [-0.4, -0.2) is 83.5 Å². The molecule has 2 N–H and O–H groups in total. The van der Waals surface area contributed by atoms with Crippen LogP contribution in [0, 0.1) is 0 Å². The Bertz CT molecular complexity index is 823. The van der Waals surface area contributed by atoms with Crippen LogP contribution in [0.25, 0.3) is 10.6 Å². The van der Waals surface area contributed by atoms with Crippen LogP contribution in [0.15, 0.2) is 33.2 Å². The summed E-state index contributed by atoms with van der Waals surface area (Å²) in [5, 5.41) is 3.88. The molecule has 0 radical (unpaired) electrons. The van der Waals surface area contributed by atoms with Crippen molar-refractivity contribution in [2.24, 2.45) is 0 Å². The molecule has 0 spiro atoms. The van der Waals surface area contributed by atoms with Crippen molar-refractivity contribution in [1.82, 2.24) is 9.46 Å². The maximum atomic E-state index is 12.9. The van der Waals surface area contributed by atoms with Crippen LogP contribution in [0.4, 0.5) is 0 Å². The Hall–Kier alpha value is -1.30. The molecule has 8 nitrogen and oxygen atoms in total. The van der Waals surface area contributed by atoms with Crippen molar-refractivity contribution in [3.05, 3.63) is 24.5 Å². The molecule has 4 heterocycles. The van der Waals surface area contributed by atoms with Crippen LogP contribution in [0.2, 0.25) is 0 Å². The second-order valence-corrected chi connectivity index (χ2v) is 10.3. The summed E-state index contributed by atoms with van der Waals surface area (Å²) in [7, 11) is -3.43. The van der Waals surface area contributed by atoms with Gasteiger partial charge >= 0.3 is 0 Å². The van der Waals surface area contributed by atoms with Gasteiger partial charge in [0.15, 0.2) is 0 Å². The standard InChI is InChI=1S/C17H24N4O4S2/c22-27(23,17-2-1-16(26-17)15-3-12-25-18-15)21-8-6-19(7-9-21)4-5-20-10-13-24-14-11-20/h1-3,12H,4-11,13-14H2/p+2. The Labute approximate surface area is 163 Å². The van der Waals surface area contributed by atoms with Crippen molar-refractivity contribution in [3.8, 4) is 10.6 Å². The third-order valence-electron chi connectivity index (χ3n) is 5.33. The molecule has 0 bridgehead atoms. The highest BCUT2D eigenvalue weighted by atomic mass is 32.2. The molecule has 2 saturated heterocycles. The van der Waals surface area contributed by atoms with E-state index in [1.165, 1.54) is 22.5 Å². The number of thiophene rings is 1. The van der Waals surface area contributed by atoms with Gasteiger partial charge in [0.2, 0.25) is 0 Å². The molecule has 0 unspecified atom stereocenters. The second kappa shape index (κ2) is 8.38. The lowest BCUT2D eigenvalue weighted by atomic mass is 10.3. The molecule has 0 aromatic carbocycles. The molecule has 148 valence electrons. The van der Waals surface area contributed by atoms with Gasteiger partial charge in [0.1, 0.15) is 42.3 Å². The molecule has 2 aromatic heterocycles. The lowest BCUT2D eigenvalue weighted by molar-refractivity contribution is -0.962. The summed E-state index contributed by atoms with van der Waals surface area (Å²) in [5.74, 6) is 0. The van der Waals surface area contributed by atoms with Crippen LogP contribution in [-0.2, 0) is 14.8 Å². The maximum absolute atomic E-state index is 12.9. The second-order valence-electron chi connectivity index (χ2n) is 7.02. The van der Waals surface area contributed by atoms with Gasteiger partial charge in [-0.05, 0) is 12.1 Å². The number of sulfonamides is 1. The number of nitrogens with one attached hydrogen (secondary N) is 2. The first-order chi connectivity index (χ1) is 13.1. The minimum atomic E-state index is -3.43. The molecule has 0 amide bonds. The first kappa shape index (κ1) is 19.0. The first-order valence-electron chi connectivity index (χ1n) is 9.38. The summed E-state index contributed by atoms with van der Waals surface area (Å²) in [5.41, 5.74) is 0.668. The third-order valence-corrected chi connectivity index (χ3v) is 8.80. The fourth-order valence-electron chi connectivity index (χ4n) is 3.62. The van der Waals surface area contributed by atoms with Gasteiger partial charge in [-0.1, -0.05) is 5.16 Å². The van der Waals surface area contributed by atoms with Crippen molar-refractivity contribution in [2.45, 2.75) is 4.21 Å². The molecular formula is C17H26N4O4S2+2. The number of hydrogen-bond acceptors (Lipinski definition) is 6. The number of aromatic nitrogens is 1. The Balaban J connectivity index is 1.31. The van der Waals surface area contributed by atoms with Crippen molar-refractivity contribution in [1.29, 1.82) is 0 Å². The van der Waals surface area contributed by atoms with Crippen LogP contribution in [0.5, 0.6) is 0 Å². The molecule has 10 heteroatoms. The smallest absolute Gasteiger partial charge is 0.252 e. The van der Waals surface area contributed by atoms with E-state index in [1.54, 1.807) is 27.4 Å². The van der Waals surface area contributed by atoms with Crippen LogP contribution < -0.4 is 9.80 Å². The van der Waals surface area contributed by atoms with E-state index in [9.17, 15) is 8.42 Å². The molecule has 4 rings (SSSR count). The summed E-state index contributed by atoms with van der Waals surface area (Å²) >= 11 is 1.25. The van der Waals surface area contributed by atoms with E-state index in [1.807, 2.05) is 0 Å². The van der Waals surface area contributed by atoms with Gasteiger partial charge in [-0.25, -0.2) is 8.42 Å². The number of piperazine rings is 1. The fraction of sp³-hybridized carbons (Fsp3) is 0.588. The van der Waals surface area contributed by atoms with Gasteiger partial charge in [-0.2, -0.15) is 4.31 Å². The highest BCUT2D eigenvalue weighted by molar-refractivity contribution is 7.91. The lowest BCUT2D eigenvalue weighted by Gasteiger charge is -2.32. The summed E-state index contributed by atoms with van der Waals surface area (Å²) in [6.45, 7) is 8.99. The summed E-state index contributed by atoms with van der Waals surface area (Å²) in [6, 6.07) is 5.20. The average molecular weight is 415 g/mol. The van der Waals surface area contributed by atoms with E-state index in [-0.39, 0.29) is 0 Å². The molecule has 2 aromatic rings. The zero-order valence-corrected chi connectivity index (χ0v) is 16.9. The SMILES string of the molecule is O=S(=O)(c1ccc(-c2ccon2)s1)N1CC[NH+](CC[NH+]2CCOCC2)CC1. The number of quaternary nitrogens is 2. The topological polar surface area (TPSA) is 81.5 Å². The summed E-state index contributed by atoms with van der Waals surface area (Å²) in [6.07, 6.45) is 1.49. The van der Waals surface area contributed by atoms with Crippen LogP contribution in [0.1, 0.15) is 0 Å². The Kier molecular flexibility index (Phi) is 5.90. The molecule has 0 atom stereocenters. The highest BCUT2D eigenvalue weighted by Gasteiger charge is 2.32. The molecule has 27 heavy (non-hydrogen) atoms. The Morgan fingerprint density at radius 3 is 2.41 bits per heavy atom. The van der Waals surface area contributed by atoms with Gasteiger partial charge in [0.25, 0.3) is 10.0 Å². The van der Waals surface area contributed by atoms with Gasteiger partial charge in [0.05, 0.1) is 44.3 Å². The van der Waals surface area contributed by atoms with E-state index in [0.29, 0.717) is 23.0 Å². The average Bonchev–Trinajstić information content (AvgIpc) is 3.39. The molecule has 0 aliphatic carbocycles. The Morgan fingerprint density at radius 2 is 1.74 bits per heavy atom. The van der Waals surface area contributed by atoms with Gasteiger partial charge in [-0.15, -0.1) is 11.3 Å². The van der Waals surface area contributed by atoms with Gasteiger partial charge < -0.3 is 19.1 Å². The number of hydrogen-bond donors (Lipinski definition) is 2. The predicted octanol–water partition coefficient (Wildman–Crippen LogP) is -1.79. The van der Waals surface area contributed by atoms with E-state index in [4.69, 9.17) is 9.26 Å². The number of ether oxygens (including phenoxy) is 1. The van der Waals surface area contributed by atoms with Crippen molar-refractivity contribution < 1.29 is 27.5 Å². The maximum Gasteiger partial charge on any atom is 0.252 e. The van der Waals surface area contributed by atoms with Crippen LogP contribution >= 0.6 is 11.3 Å². The normalized spacial score (nSPS) is 20.9. The molecule has 2 aliphatic heterocycles. The van der Waals surface area contributed by atoms with Crippen molar-refractivity contribution >= 4 is 21.4 Å². The summed E-state index contributed by atoms with van der Waals surface area (Å²) < 4.78 is 38.1. The number of nitrogens with zero attached hydrogens (tertiary/aromatic N) is 2. The van der Waals surface area contributed by atoms with E-state index >= 15 is 0 Å². The minimum absolute atomic E-state index is 0.377. The fourth-order valence-corrected chi connectivity index (χ4v) is 6.48. The molecule has 2 fully saturated rings. The van der Waals surface area contributed by atoms with Crippen molar-refractivity contribution in [2.75, 3.05) is 65.6 Å². The largest absolute Gasteiger partial charge is 0.370 e. The lowest BCUT2D eigenvalue weighted by Crippen LogP contribution is -3.22. The van der Waals surface area contributed by atoms with E-state index < -0.39 is 10.0 Å². The molecule has 2 aliphatic rings. The number of morpholine rings is 1. The first-order valence-corrected chi connectivity index (χ1v) is 11.6. The van der Waals surface area contributed by atoms with Gasteiger partial charge in [0, 0.05) is 6.07 Å². The van der Waals surface area contributed by atoms with Crippen LogP contribution in [0.3, 0.4) is 0 Å². The highest BCUT2D eigenvalue weighted by Crippen LogP contribution is 2.31. The molecule has 0 saturated carbocycles. The Morgan fingerprint density at radius 1 is 1.04 bits per heavy atom. The zero-order valence-electron chi connectivity index (χ0n) is 15.2. The van der Waals surface area contributed by atoms with E-state index in [2.05, 4.69) is 5.16 Å². The zero-order chi connectivity index (χ0) is 18.7. The quantitative estimate of drug-likeness (QED) is 0.584. The monoisotopic (exact) mass is 414 g/mol. The van der Waals surface area contributed by atoms with Crippen molar-refractivity contribution in [3.63, 3.8) is 0 Å². The predicted molar refractivity (Wildman–Crippen MR) is 101 cm³/mol.